The lowest BCUT2D eigenvalue weighted by Gasteiger charge is -2.09. The average Bonchev–Trinajstić information content (AvgIpc) is 2.82. The Labute approximate surface area is 122 Å². The van der Waals surface area contributed by atoms with Crippen LogP contribution >= 0.6 is 11.8 Å². The minimum Gasteiger partial charge on any atom is -0.421 e. The summed E-state index contributed by atoms with van der Waals surface area (Å²) in [6, 6.07) is 11.0. The molecule has 2 aromatic rings. The SMILES string of the molecule is CCSc1ccccc1OC(=O)c1cc(C#N)cn1C. The number of esters is 1. The summed E-state index contributed by atoms with van der Waals surface area (Å²) in [7, 11) is 1.71. The van der Waals surface area contributed by atoms with Gasteiger partial charge in [-0.1, -0.05) is 19.1 Å². The van der Waals surface area contributed by atoms with Crippen LogP contribution in [0.15, 0.2) is 41.4 Å². The van der Waals surface area contributed by atoms with E-state index < -0.39 is 5.97 Å². The van der Waals surface area contributed by atoms with E-state index in [4.69, 9.17) is 10.00 Å². The van der Waals surface area contributed by atoms with Gasteiger partial charge in [0, 0.05) is 13.2 Å². The quantitative estimate of drug-likeness (QED) is 0.492. The summed E-state index contributed by atoms with van der Waals surface area (Å²) < 4.78 is 7.03. The molecule has 0 aliphatic carbocycles. The molecule has 20 heavy (non-hydrogen) atoms. The molecule has 1 aromatic carbocycles. The fraction of sp³-hybridized carbons (Fsp3) is 0.200. The standard InChI is InChI=1S/C15H14N2O2S/c1-3-20-14-7-5-4-6-13(14)19-15(18)12-8-11(9-16)10-17(12)2/h4-8,10H,3H2,1-2H3. The zero-order chi connectivity index (χ0) is 14.5. The highest BCUT2D eigenvalue weighted by atomic mass is 32.2. The Kier molecular flexibility index (Phi) is 4.49. The van der Waals surface area contributed by atoms with Crippen molar-refractivity contribution in [3.8, 4) is 11.8 Å². The predicted octanol–water partition coefficient (Wildman–Crippen LogP) is 3.23. The van der Waals surface area contributed by atoms with E-state index >= 15 is 0 Å². The molecule has 102 valence electrons. The number of para-hydroxylation sites is 1. The van der Waals surface area contributed by atoms with Gasteiger partial charge in [0.15, 0.2) is 0 Å². The van der Waals surface area contributed by atoms with E-state index in [9.17, 15) is 4.79 Å². The molecule has 0 N–H and O–H groups in total. The first-order chi connectivity index (χ1) is 9.65. The number of benzene rings is 1. The van der Waals surface area contributed by atoms with Gasteiger partial charge >= 0.3 is 5.97 Å². The van der Waals surface area contributed by atoms with Crippen LogP contribution in [-0.2, 0) is 7.05 Å². The summed E-state index contributed by atoms with van der Waals surface area (Å²) >= 11 is 1.62. The maximum atomic E-state index is 12.2. The fourth-order valence-electron chi connectivity index (χ4n) is 1.79. The molecule has 0 bridgehead atoms. The maximum Gasteiger partial charge on any atom is 0.360 e. The average molecular weight is 286 g/mol. The number of carbonyl (C=O) groups is 1. The monoisotopic (exact) mass is 286 g/mol. The van der Waals surface area contributed by atoms with Crippen molar-refractivity contribution in [2.45, 2.75) is 11.8 Å². The molecule has 0 aliphatic rings. The Balaban J connectivity index is 2.23. The van der Waals surface area contributed by atoms with Crippen molar-refractivity contribution in [3.05, 3.63) is 47.8 Å². The van der Waals surface area contributed by atoms with Crippen LogP contribution in [0, 0.1) is 11.3 Å². The number of hydrogen-bond donors (Lipinski definition) is 0. The zero-order valence-corrected chi connectivity index (χ0v) is 12.1. The maximum absolute atomic E-state index is 12.2. The fourth-order valence-corrected chi connectivity index (χ4v) is 2.53. The van der Waals surface area contributed by atoms with Crippen molar-refractivity contribution >= 4 is 17.7 Å². The van der Waals surface area contributed by atoms with Crippen LogP contribution in [0.2, 0.25) is 0 Å². The predicted molar refractivity (Wildman–Crippen MR) is 77.9 cm³/mol. The third kappa shape index (κ3) is 3.03. The van der Waals surface area contributed by atoms with Crippen molar-refractivity contribution in [3.63, 3.8) is 0 Å². The van der Waals surface area contributed by atoms with E-state index in [-0.39, 0.29) is 0 Å². The van der Waals surface area contributed by atoms with E-state index in [0.29, 0.717) is 17.0 Å². The Morgan fingerprint density at radius 3 is 2.85 bits per heavy atom. The van der Waals surface area contributed by atoms with Gasteiger partial charge in [0.1, 0.15) is 17.5 Å². The number of nitrogens with zero attached hydrogens (tertiary/aromatic N) is 2. The smallest absolute Gasteiger partial charge is 0.360 e. The molecule has 0 amide bonds. The molecule has 0 spiro atoms. The van der Waals surface area contributed by atoms with E-state index in [2.05, 4.69) is 0 Å². The molecule has 0 atom stereocenters. The summed E-state index contributed by atoms with van der Waals surface area (Å²) in [5.41, 5.74) is 0.800. The van der Waals surface area contributed by atoms with Gasteiger partial charge in [-0.3, -0.25) is 0 Å². The topological polar surface area (TPSA) is 55.0 Å². The van der Waals surface area contributed by atoms with Gasteiger partial charge in [-0.15, -0.1) is 11.8 Å². The number of carbonyl (C=O) groups excluding carboxylic acids is 1. The molecule has 0 fully saturated rings. The lowest BCUT2D eigenvalue weighted by molar-refractivity contribution is 0.0720. The second kappa shape index (κ2) is 6.31. The highest BCUT2D eigenvalue weighted by Gasteiger charge is 2.15. The van der Waals surface area contributed by atoms with Crippen LogP contribution in [0.1, 0.15) is 23.0 Å². The Morgan fingerprint density at radius 2 is 2.20 bits per heavy atom. The molecule has 0 aliphatic heterocycles. The minimum absolute atomic E-state index is 0.359. The number of aryl methyl sites for hydroxylation is 1. The third-order valence-electron chi connectivity index (χ3n) is 2.69. The molecule has 1 heterocycles. The van der Waals surface area contributed by atoms with Gasteiger partial charge in [0.2, 0.25) is 0 Å². The first-order valence-electron chi connectivity index (χ1n) is 6.16. The number of hydrogen-bond acceptors (Lipinski definition) is 4. The lowest BCUT2D eigenvalue weighted by atomic mass is 10.3. The number of ether oxygens (including phenoxy) is 1. The second-order valence-corrected chi connectivity index (χ2v) is 5.41. The molecule has 4 nitrogen and oxygen atoms in total. The summed E-state index contributed by atoms with van der Waals surface area (Å²) in [5, 5.41) is 8.84. The van der Waals surface area contributed by atoms with Gasteiger partial charge in [0.05, 0.1) is 10.5 Å². The van der Waals surface area contributed by atoms with Gasteiger partial charge in [-0.25, -0.2) is 4.79 Å². The third-order valence-corrected chi connectivity index (χ3v) is 3.63. The van der Waals surface area contributed by atoms with Gasteiger partial charge in [-0.2, -0.15) is 5.26 Å². The van der Waals surface area contributed by atoms with Gasteiger partial charge < -0.3 is 9.30 Å². The normalized spacial score (nSPS) is 10.1. The van der Waals surface area contributed by atoms with Crippen LogP contribution in [0.25, 0.3) is 0 Å². The minimum atomic E-state index is -0.460. The second-order valence-electron chi connectivity index (χ2n) is 4.11. The molecule has 5 heteroatoms. The molecule has 0 saturated carbocycles. The summed E-state index contributed by atoms with van der Waals surface area (Å²) in [6.07, 6.45) is 1.60. The first kappa shape index (κ1) is 14.2. The van der Waals surface area contributed by atoms with Crippen molar-refractivity contribution in [1.29, 1.82) is 5.26 Å². The van der Waals surface area contributed by atoms with E-state index in [1.165, 1.54) is 6.07 Å². The van der Waals surface area contributed by atoms with Crippen molar-refractivity contribution in [2.75, 3.05) is 5.75 Å². The van der Waals surface area contributed by atoms with E-state index in [0.717, 1.165) is 10.6 Å². The Hall–Kier alpha value is -2.19. The molecular weight excluding hydrogens is 272 g/mol. The van der Waals surface area contributed by atoms with Gasteiger partial charge in [0.25, 0.3) is 0 Å². The molecule has 0 unspecified atom stereocenters. The lowest BCUT2D eigenvalue weighted by Crippen LogP contribution is -2.12. The van der Waals surface area contributed by atoms with E-state index in [1.807, 2.05) is 31.2 Å². The van der Waals surface area contributed by atoms with Crippen molar-refractivity contribution in [1.82, 2.24) is 4.57 Å². The van der Waals surface area contributed by atoms with Crippen LogP contribution in [0.5, 0.6) is 5.75 Å². The summed E-state index contributed by atoms with van der Waals surface area (Å²) in [5.74, 6) is 0.985. The number of rotatable bonds is 4. The highest BCUT2D eigenvalue weighted by molar-refractivity contribution is 7.99. The Morgan fingerprint density at radius 1 is 1.45 bits per heavy atom. The Bertz CT molecular complexity index is 671. The van der Waals surface area contributed by atoms with Crippen LogP contribution in [-0.4, -0.2) is 16.3 Å². The molecule has 0 saturated heterocycles. The first-order valence-corrected chi connectivity index (χ1v) is 7.14. The highest BCUT2D eigenvalue weighted by Crippen LogP contribution is 2.29. The molecular formula is C15H14N2O2S. The van der Waals surface area contributed by atoms with Gasteiger partial charge in [-0.05, 0) is 24.0 Å². The number of nitriles is 1. The number of aromatic nitrogens is 1. The molecule has 0 radical (unpaired) electrons. The largest absolute Gasteiger partial charge is 0.421 e. The molecule has 1 aromatic heterocycles. The summed E-state index contributed by atoms with van der Waals surface area (Å²) in [4.78, 5) is 13.1. The van der Waals surface area contributed by atoms with Crippen molar-refractivity contribution in [2.24, 2.45) is 7.05 Å². The summed E-state index contributed by atoms with van der Waals surface area (Å²) in [6.45, 7) is 2.04. The number of thioether (sulfide) groups is 1. The molecule has 2 rings (SSSR count). The zero-order valence-electron chi connectivity index (χ0n) is 11.3. The van der Waals surface area contributed by atoms with Crippen molar-refractivity contribution < 1.29 is 9.53 Å². The van der Waals surface area contributed by atoms with Crippen LogP contribution in [0.3, 0.4) is 0 Å². The van der Waals surface area contributed by atoms with Crippen LogP contribution < -0.4 is 4.74 Å². The van der Waals surface area contributed by atoms with E-state index in [1.54, 1.807) is 35.6 Å². The van der Waals surface area contributed by atoms with Crippen LogP contribution in [0.4, 0.5) is 0 Å².